The average molecular weight is 423 g/mol. The summed E-state index contributed by atoms with van der Waals surface area (Å²) in [5.74, 6) is -1.82. The summed E-state index contributed by atoms with van der Waals surface area (Å²) in [5, 5.41) is 30.4. The molecule has 0 aromatic heterocycles. The zero-order chi connectivity index (χ0) is 21.7. The van der Waals surface area contributed by atoms with Gasteiger partial charge in [-0.3, -0.25) is 0 Å². The normalized spacial score (nSPS) is 25.4. The first-order valence-corrected chi connectivity index (χ1v) is 11.1. The van der Waals surface area contributed by atoms with Gasteiger partial charge in [0.05, 0.1) is 18.8 Å². The lowest BCUT2D eigenvalue weighted by Gasteiger charge is -2.22. The minimum absolute atomic E-state index is 0.160. The largest absolute Gasteiger partial charge is 0.504 e. The predicted octanol–water partition coefficient (Wildman–Crippen LogP) is 4.72. The van der Waals surface area contributed by atoms with Crippen molar-refractivity contribution >= 4 is 5.97 Å². The second kappa shape index (κ2) is 9.88. The smallest absolute Gasteiger partial charge is 0.343 e. The van der Waals surface area contributed by atoms with E-state index in [1.165, 1.54) is 13.2 Å². The van der Waals surface area contributed by atoms with E-state index in [2.05, 4.69) is 0 Å². The minimum atomic E-state index is -0.906. The van der Waals surface area contributed by atoms with Crippen molar-refractivity contribution in [3.63, 3.8) is 0 Å². The zero-order valence-electron chi connectivity index (χ0n) is 18.0. The lowest BCUT2D eigenvalue weighted by molar-refractivity contribution is -0.193. The van der Waals surface area contributed by atoms with Crippen LogP contribution in [0.1, 0.15) is 99.6 Å². The molecule has 0 bridgehead atoms. The molecule has 0 spiro atoms. The Labute approximate surface area is 178 Å². The molecule has 2 aliphatic rings. The molecule has 1 aromatic carbocycles. The van der Waals surface area contributed by atoms with Crippen LogP contribution in [0.25, 0.3) is 0 Å². The summed E-state index contributed by atoms with van der Waals surface area (Å²) in [4.78, 5) is 12.2. The molecule has 2 heterocycles. The quantitative estimate of drug-likeness (QED) is 0.269. The molecule has 2 aliphatic heterocycles. The number of cyclic esters (lactones) is 1. The van der Waals surface area contributed by atoms with Gasteiger partial charge in [0.25, 0.3) is 0 Å². The standard InChI is InChI=1S/C23H34O7/c1-15-11-13-23(27,30-15)12-9-7-5-3-4-6-8-10-17-19-20(22(26)29-17)18(28-2)14-16(24)21(19)25/h14-15,17,24-25,27H,3-13H2,1-2H3/t15-,17-,23+/m1/s1. The van der Waals surface area contributed by atoms with Crippen molar-refractivity contribution in [3.8, 4) is 17.2 Å². The molecule has 1 fully saturated rings. The van der Waals surface area contributed by atoms with Gasteiger partial charge in [-0.25, -0.2) is 4.79 Å². The van der Waals surface area contributed by atoms with Crippen LogP contribution in [-0.4, -0.2) is 40.3 Å². The van der Waals surface area contributed by atoms with Gasteiger partial charge in [0.2, 0.25) is 0 Å². The van der Waals surface area contributed by atoms with Gasteiger partial charge < -0.3 is 29.5 Å². The number of fused-ring (bicyclic) bond motifs is 1. The van der Waals surface area contributed by atoms with Crippen molar-refractivity contribution in [2.75, 3.05) is 7.11 Å². The number of aromatic hydroxyl groups is 2. The van der Waals surface area contributed by atoms with Crippen LogP contribution >= 0.6 is 0 Å². The van der Waals surface area contributed by atoms with Crippen LogP contribution in [0.2, 0.25) is 0 Å². The van der Waals surface area contributed by atoms with E-state index in [1.54, 1.807) is 0 Å². The molecule has 1 aromatic rings. The maximum atomic E-state index is 12.2. The maximum absolute atomic E-state index is 12.2. The Hall–Kier alpha value is -1.99. The van der Waals surface area contributed by atoms with Crippen LogP contribution in [0, 0.1) is 0 Å². The summed E-state index contributed by atoms with van der Waals surface area (Å²) in [7, 11) is 1.41. The Bertz CT molecular complexity index is 748. The zero-order valence-corrected chi connectivity index (χ0v) is 18.0. The van der Waals surface area contributed by atoms with Crippen LogP contribution in [-0.2, 0) is 9.47 Å². The SMILES string of the molecule is COc1cc(O)c(O)c2c1C(=O)O[C@@H]2CCCCCCCCC[C@@]1(O)CC[C@@H](C)O1. The van der Waals surface area contributed by atoms with Gasteiger partial charge in [-0.05, 0) is 32.6 Å². The molecule has 7 heteroatoms. The van der Waals surface area contributed by atoms with Gasteiger partial charge in [0, 0.05) is 18.9 Å². The van der Waals surface area contributed by atoms with E-state index in [0.717, 1.165) is 57.8 Å². The number of carbonyl (C=O) groups excluding carboxylic acids is 1. The molecular formula is C23H34O7. The molecular weight excluding hydrogens is 388 g/mol. The highest BCUT2D eigenvalue weighted by Crippen LogP contribution is 2.48. The number of esters is 1. The molecule has 1 saturated heterocycles. The second-order valence-corrected chi connectivity index (χ2v) is 8.56. The number of hydrogen-bond acceptors (Lipinski definition) is 7. The number of carbonyl (C=O) groups is 1. The van der Waals surface area contributed by atoms with Gasteiger partial charge in [-0.1, -0.05) is 32.1 Å². The van der Waals surface area contributed by atoms with E-state index in [4.69, 9.17) is 14.2 Å². The van der Waals surface area contributed by atoms with Crippen LogP contribution in [0.15, 0.2) is 6.07 Å². The van der Waals surface area contributed by atoms with Gasteiger partial charge in [-0.15, -0.1) is 0 Å². The van der Waals surface area contributed by atoms with Crippen molar-refractivity contribution in [3.05, 3.63) is 17.2 Å². The number of phenolic OH excluding ortho intramolecular Hbond substituents is 2. The molecule has 0 amide bonds. The van der Waals surface area contributed by atoms with Crippen LogP contribution in [0.3, 0.4) is 0 Å². The van der Waals surface area contributed by atoms with E-state index in [0.29, 0.717) is 18.4 Å². The van der Waals surface area contributed by atoms with Crippen LogP contribution in [0.4, 0.5) is 0 Å². The molecule has 3 rings (SSSR count). The molecule has 0 unspecified atom stereocenters. The Morgan fingerprint density at radius 3 is 2.43 bits per heavy atom. The first-order valence-electron chi connectivity index (χ1n) is 11.1. The summed E-state index contributed by atoms with van der Waals surface area (Å²) >= 11 is 0. The fourth-order valence-electron chi connectivity index (χ4n) is 4.51. The Balaban J connectivity index is 1.34. The molecule has 7 nitrogen and oxygen atoms in total. The highest BCUT2D eigenvalue weighted by Gasteiger charge is 2.38. The van der Waals surface area contributed by atoms with Gasteiger partial charge >= 0.3 is 5.97 Å². The number of phenols is 2. The summed E-state index contributed by atoms with van der Waals surface area (Å²) in [6.45, 7) is 2.00. The number of benzene rings is 1. The molecule has 3 N–H and O–H groups in total. The van der Waals surface area contributed by atoms with Gasteiger partial charge in [-0.2, -0.15) is 0 Å². The van der Waals surface area contributed by atoms with Crippen molar-refractivity contribution in [2.45, 2.75) is 95.5 Å². The lowest BCUT2D eigenvalue weighted by atomic mass is 9.97. The number of unbranched alkanes of at least 4 members (excludes halogenated alkanes) is 6. The van der Waals surface area contributed by atoms with Crippen LogP contribution < -0.4 is 4.74 Å². The molecule has 0 saturated carbocycles. The molecule has 168 valence electrons. The van der Waals surface area contributed by atoms with E-state index >= 15 is 0 Å². The molecule has 3 atom stereocenters. The Morgan fingerprint density at radius 2 is 1.80 bits per heavy atom. The van der Waals surface area contributed by atoms with Gasteiger partial charge in [0.15, 0.2) is 17.3 Å². The fraction of sp³-hybridized carbons (Fsp3) is 0.696. The predicted molar refractivity (Wildman–Crippen MR) is 111 cm³/mol. The molecule has 0 radical (unpaired) electrons. The number of ether oxygens (including phenoxy) is 3. The molecule has 0 aliphatic carbocycles. The monoisotopic (exact) mass is 422 g/mol. The maximum Gasteiger partial charge on any atom is 0.343 e. The highest BCUT2D eigenvalue weighted by molar-refractivity contribution is 5.98. The third-order valence-electron chi connectivity index (χ3n) is 6.17. The summed E-state index contributed by atoms with van der Waals surface area (Å²) in [6.07, 6.45) is 9.84. The fourth-order valence-corrected chi connectivity index (χ4v) is 4.51. The van der Waals surface area contributed by atoms with Crippen molar-refractivity contribution in [1.82, 2.24) is 0 Å². The van der Waals surface area contributed by atoms with Crippen molar-refractivity contribution in [2.24, 2.45) is 0 Å². The van der Waals surface area contributed by atoms with E-state index in [-0.39, 0.29) is 28.9 Å². The highest BCUT2D eigenvalue weighted by atomic mass is 16.6. The van der Waals surface area contributed by atoms with Crippen molar-refractivity contribution in [1.29, 1.82) is 0 Å². The summed E-state index contributed by atoms with van der Waals surface area (Å²) in [6, 6.07) is 1.23. The Kier molecular flexibility index (Phi) is 7.47. The molecule has 30 heavy (non-hydrogen) atoms. The third kappa shape index (κ3) is 5.19. The lowest BCUT2D eigenvalue weighted by Crippen LogP contribution is -2.27. The van der Waals surface area contributed by atoms with Crippen molar-refractivity contribution < 1.29 is 34.3 Å². The summed E-state index contributed by atoms with van der Waals surface area (Å²) < 4.78 is 16.2. The number of hydrogen-bond donors (Lipinski definition) is 3. The first kappa shape index (κ1) is 22.7. The van der Waals surface area contributed by atoms with Crippen LogP contribution in [0.5, 0.6) is 17.2 Å². The third-order valence-corrected chi connectivity index (χ3v) is 6.17. The van der Waals surface area contributed by atoms with E-state index in [9.17, 15) is 20.1 Å². The van der Waals surface area contributed by atoms with E-state index < -0.39 is 17.9 Å². The van der Waals surface area contributed by atoms with Gasteiger partial charge in [0.1, 0.15) is 17.4 Å². The topological polar surface area (TPSA) is 105 Å². The minimum Gasteiger partial charge on any atom is -0.504 e. The van der Waals surface area contributed by atoms with E-state index in [1.807, 2.05) is 6.92 Å². The first-order chi connectivity index (χ1) is 14.3. The second-order valence-electron chi connectivity index (χ2n) is 8.56. The average Bonchev–Trinajstić information content (AvgIpc) is 3.22. The number of aliphatic hydroxyl groups is 1. The number of methoxy groups -OCH3 is 1. The summed E-state index contributed by atoms with van der Waals surface area (Å²) in [5.41, 5.74) is 0.540. The Morgan fingerprint density at radius 1 is 1.13 bits per heavy atom. The number of rotatable bonds is 11.